The van der Waals surface area contributed by atoms with Crippen LogP contribution in [-0.4, -0.2) is 50.1 Å². The number of primary amides is 1. The zero-order valence-corrected chi connectivity index (χ0v) is 13.9. The van der Waals surface area contributed by atoms with E-state index in [9.17, 15) is 4.79 Å². The van der Waals surface area contributed by atoms with Crippen molar-refractivity contribution in [3.8, 4) is 0 Å². The number of nitrogens with zero attached hydrogens (tertiary/aromatic N) is 2. The van der Waals surface area contributed by atoms with E-state index in [1.54, 1.807) is 12.1 Å². The van der Waals surface area contributed by atoms with Gasteiger partial charge in [0, 0.05) is 26.7 Å². The number of nitrogens with one attached hydrogen (secondary N) is 1. The molecule has 1 amide bonds. The van der Waals surface area contributed by atoms with Gasteiger partial charge in [-0.2, -0.15) is 0 Å². The lowest BCUT2D eigenvalue weighted by Gasteiger charge is -2.21. The quantitative estimate of drug-likeness (QED) is 0.405. The lowest BCUT2D eigenvalue weighted by molar-refractivity contribution is 0.0972. The molecule has 1 saturated carbocycles. The average Bonchev–Trinajstić information content (AvgIpc) is 3.22. The molecule has 0 aliphatic heterocycles. The summed E-state index contributed by atoms with van der Waals surface area (Å²) in [6.07, 6.45) is 2.60. The van der Waals surface area contributed by atoms with Crippen molar-refractivity contribution in [1.29, 1.82) is 0 Å². The van der Waals surface area contributed by atoms with E-state index in [0.29, 0.717) is 18.9 Å². The number of ether oxygens (including phenoxy) is 1. The third-order valence-corrected chi connectivity index (χ3v) is 3.61. The summed E-state index contributed by atoms with van der Waals surface area (Å²) in [5.74, 6) is 1.74. The Morgan fingerprint density at radius 2 is 2.30 bits per heavy atom. The summed E-state index contributed by atoms with van der Waals surface area (Å²) in [5.41, 5.74) is 5.17. The molecule has 0 bridgehead atoms. The molecular formula is C16H26N4O3. The highest BCUT2D eigenvalue weighted by Gasteiger charge is 2.21. The molecule has 7 nitrogen and oxygen atoms in total. The Labute approximate surface area is 136 Å². The van der Waals surface area contributed by atoms with Gasteiger partial charge in [0.1, 0.15) is 12.3 Å². The fraction of sp³-hybridized carbons (Fsp3) is 0.625. The van der Waals surface area contributed by atoms with Crippen molar-refractivity contribution in [2.24, 2.45) is 16.6 Å². The van der Waals surface area contributed by atoms with Crippen molar-refractivity contribution in [3.05, 3.63) is 23.7 Å². The van der Waals surface area contributed by atoms with Crippen LogP contribution < -0.4 is 11.1 Å². The molecule has 0 aromatic carbocycles. The van der Waals surface area contributed by atoms with Crippen molar-refractivity contribution < 1.29 is 13.9 Å². The fourth-order valence-electron chi connectivity index (χ4n) is 2.06. The molecule has 3 N–H and O–H groups in total. The molecule has 1 aromatic heterocycles. The van der Waals surface area contributed by atoms with E-state index in [2.05, 4.69) is 10.3 Å². The summed E-state index contributed by atoms with van der Waals surface area (Å²) < 4.78 is 11.0. The van der Waals surface area contributed by atoms with E-state index in [4.69, 9.17) is 14.9 Å². The number of aliphatic imine (C=N–C) groups is 1. The maximum Gasteiger partial charge on any atom is 0.284 e. The molecule has 1 fully saturated rings. The van der Waals surface area contributed by atoms with Gasteiger partial charge < -0.3 is 25.1 Å². The van der Waals surface area contributed by atoms with Crippen LogP contribution >= 0.6 is 0 Å². The molecule has 2 rings (SSSR count). The van der Waals surface area contributed by atoms with E-state index in [1.807, 2.05) is 18.9 Å². The number of amides is 1. The molecule has 1 aliphatic carbocycles. The van der Waals surface area contributed by atoms with Gasteiger partial charge in [-0.25, -0.2) is 4.99 Å². The molecule has 7 heteroatoms. The molecule has 23 heavy (non-hydrogen) atoms. The van der Waals surface area contributed by atoms with Gasteiger partial charge in [-0.15, -0.1) is 0 Å². The standard InChI is InChI=1S/C16H26N4O3/c1-3-18-16(20(2)8-9-22-11-12-4-5-12)19-10-13-6-7-14(23-13)15(17)21/h6-7,12H,3-5,8-11H2,1-2H3,(H2,17,21)(H,18,19). The minimum Gasteiger partial charge on any atom is -0.454 e. The Morgan fingerprint density at radius 1 is 1.52 bits per heavy atom. The molecule has 1 aliphatic rings. The average molecular weight is 322 g/mol. The predicted octanol–water partition coefficient (Wildman–Crippen LogP) is 1.20. The first kappa shape index (κ1) is 17.3. The highest BCUT2D eigenvalue weighted by molar-refractivity contribution is 5.89. The van der Waals surface area contributed by atoms with Crippen molar-refractivity contribution in [2.45, 2.75) is 26.3 Å². The maximum absolute atomic E-state index is 11.0. The summed E-state index contributed by atoms with van der Waals surface area (Å²) in [7, 11) is 1.97. The Morgan fingerprint density at radius 3 is 2.91 bits per heavy atom. The van der Waals surface area contributed by atoms with Crippen molar-refractivity contribution >= 4 is 11.9 Å². The molecule has 0 radical (unpaired) electrons. The van der Waals surface area contributed by atoms with Gasteiger partial charge >= 0.3 is 0 Å². The Bertz CT molecular complexity index is 537. The third kappa shape index (κ3) is 5.94. The zero-order valence-electron chi connectivity index (χ0n) is 13.9. The summed E-state index contributed by atoms with van der Waals surface area (Å²) in [6, 6.07) is 3.28. The minimum atomic E-state index is -0.572. The number of guanidine groups is 1. The van der Waals surface area contributed by atoms with E-state index in [-0.39, 0.29) is 5.76 Å². The highest BCUT2D eigenvalue weighted by atomic mass is 16.5. The minimum absolute atomic E-state index is 0.155. The Balaban J connectivity index is 1.82. The normalized spacial score (nSPS) is 14.8. The lowest BCUT2D eigenvalue weighted by Crippen LogP contribution is -2.40. The van der Waals surface area contributed by atoms with Gasteiger partial charge in [0.05, 0.1) is 6.61 Å². The van der Waals surface area contributed by atoms with E-state index < -0.39 is 5.91 Å². The molecule has 0 spiro atoms. The second kappa shape index (κ2) is 8.57. The van der Waals surface area contributed by atoms with Crippen LogP contribution in [-0.2, 0) is 11.3 Å². The van der Waals surface area contributed by atoms with Crippen LogP contribution in [0, 0.1) is 5.92 Å². The first-order valence-electron chi connectivity index (χ1n) is 8.05. The molecular weight excluding hydrogens is 296 g/mol. The first-order valence-corrected chi connectivity index (χ1v) is 8.05. The zero-order chi connectivity index (χ0) is 16.7. The van der Waals surface area contributed by atoms with Gasteiger partial charge in [0.25, 0.3) is 5.91 Å². The van der Waals surface area contributed by atoms with Crippen molar-refractivity contribution in [1.82, 2.24) is 10.2 Å². The van der Waals surface area contributed by atoms with E-state index >= 15 is 0 Å². The summed E-state index contributed by atoms with van der Waals surface area (Å²) in [5, 5.41) is 3.23. The maximum atomic E-state index is 11.0. The number of hydrogen-bond donors (Lipinski definition) is 2. The third-order valence-electron chi connectivity index (χ3n) is 3.61. The molecule has 0 unspecified atom stereocenters. The predicted molar refractivity (Wildman–Crippen MR) is 88.2 cm³/mol. The summed E-state index contributed by atoms with van der Waals surface area (Å²) in [6.45, 7) is 5.46. The van der Waals surface area contributed by atoms with Crippen molar-refractivity contribution in [2.75, 3.05) is 33.4 Å². The number of hydrogen-bond acceptors (Lipinski definition) is 4. The van der Waals surface area contributed by atoms with E-state index in [1.165, 1.54) is 12.8 Å². The monoisotopic (exact) mass is 322 g/mol. The van der Waals surface area contributed by atoms with Gasteiger partial charge in [-0.05, 0) is 37.8 Å². The number of rotatable bonds is 9. The lowest BCUT2D eigenvalue weighted by atomic mass is 10.4. The number of nitrogens with two attached hydrogens (primary N) is 1. The number of likely N-dealkylation sites (N-methyl/N-ethyl adjacent to an activating group) is 1. The SMILES string of the molecule is CCNC(=NCc1ccc(C(N)=O)o1)N(C)CCOCC1CC1. The van der Waals surface area contributed by atoms with Crippen LogP contribution in [0.5, 0.6) is 0 Å². The summed E-state index contributed by atoms with van der Waals surface area (Å²) >= 11 is 0. The largest absolute Gasteiger partial charge is 0.454 e. The van der Waals surface area contributed by atoms with Gasteiger partial charge in [0.2, 0.25) is 0 Å². The van der Waals surface area contributed by atoms with Crippen LogP contribution in [0.25, 0.3) is 0 Å². The summed E-state index contributed by atoms with van der Waals surface area (Å²) in [4.78, 5) is 17.6. The molecule has 0 atom stereocenters. The van der Waals surface area contributed by atoms with Gasteiger partial charge in [0.15, 0.2) is 11.7 Å². The molecule has 1 aromatic rings. The van der Waals surface area contributed by atoms with Crippen LogP contribution in [0.1, 0.15) is 36.1 Å². The van der Waals surface area contributed by atoms with Gasteiger partial charge in [-0.1, -0.05) is 0 Å². The number of carbonyl (C=O) groups is 1. The van der Waals surface area contributed by atoms with E-state index in [0.717, 1.165) is 31.6 Å². The Kier molecular flexibility index (Phi) is 6.46. The van der Waals surface area contributed by atoms with Crippen LogP contribution in [0.4, 0.5) is 0 Å². The topological polar surface area (TPSA) is 93.1 Å². The van der Waals surface area contributed by atoms with Gasteiger partial charge in [-0.3, -0.25) is 4.79 Å². The number of carbonyl (C=O) groups excluding carboxylic acids is 1. The fourth-order valence-corrected chi connectivity index (χ4v) is 2.06. The number of furan rings is 1. The first-order chi connectivity index (χ1) is 11.1. The van der Waals surface area contributed by atoms with Crippen LogP contribution in [0.2, 0.25) is 0 Å². The van der Waals surface area contributed by atoms with Crippen molar-refractivity contribution in [3.63, 3.8) is 0 Å². The highest BCUT2D eigenvalue weighted by Crippen LogP contribution is 2.28. The second-order valence-electron chi connectivity index (χ2n) is 5.74. The molecule has 0 saturated heterocycles. The molecule has 128 valence electrons. The Hall–Kier alpha value is -2.02. The smallest absolute Gasteiger partial charge is 0.284 e. The second-order valence-corrected chi connectivity index (χ2v) is 5.74. The van der Waals surface area contributed by atoms with Crippen LogP contribution in [0.3, 0.4) is 0 Å². The van der Waals surface area contributed by atoms with Crippen LogP contribution in [0.15, 0.2) is 21.5 Å². The molecule has 1 heterocycles.